The lowest BCUT2D eigenvalue weighted by atomic mass is 9.92. The van der Waals surface area contributed by atoms with Crippen LogP contribution in [0, 0.1) is 11.3 Å². The van der Waals surface area contributed by atoms with Crippen LogP contribution in [-0.2, 0) is 9.53 Å². The highest BCUT2D eigenvalue weighted by molar-refractivity contribution is 5.77. The molecule has 108 valence electrons. The molecular weight excluding hydrogens is 254 g/mol. The predicted molar refractivity (Wildman–Crippen MR) is 65.6 cm³/mol. The molecule has 19 heavy (non-hydrogen) atoms. The lowest BCUT2D eigenvalue weighted by molar-refractivity contribution is -0.124. The second-order valence-corrected chi connectivity index (χ2v) is 4.87. The number of nitrogens with zero attached hydrogens (tertiary/aromatic N) is 1. The van der Waals surface area contributed by atoms with Gasteiger partial charge in [-0.05, 0) is 12.8 Å². The van der Waals surface area contributed by atoms with Crippen LogP contribution < -0.4 is 5.32 Å². The number of amides is 1. The Kier molecular flexibility index (Phi) is 6.71. The maximum absolute atomic E-state index is 11.8. The predicted octanol–water partition coefficient (Wildman–Crippen LogP) is 2.39. The van der Waals surface area contributed by atoms with Crippen LogP contribution in [0.25, 0.3) is 0 Å². The third kappa shape index (κ3) is 5.97. The molecule has 0 aromatic heterocycles. The van der Waals surface area contributed by atoms with Crippen molar-refractivity contribution in [3.8, 4) is 6.07 Å². The molecule has 6 heteroatoms. The van der Waals surface area contributed by atoms with Gasteiger partial charge in [-0.15, -0.1) is 0 Å². The number of nitrogens with one attached hydrogen (secondary N) is 1. The van der Waals surface area contributed by atoms with E-state index in [0.29, 0.717) is 12.8 Å². The van der Waals surface area contributed by atoms with E-state index in [-0.39, 0.29) is 18.9 Å². The molecule has 0 aromatic rings. The Morgan fingerprint density at radius 3 is 2.47 bits per heavy atom. The first-order chi connectivity index (χ1) is 9.08. The number of carbonyl (C=O) groups excluding carboxylic acids is 1. The van der Waals surface area contributed by atoms with Crippen molar-refractivity contribution in [1.82, 2.24) is 5.32 Å². The molecule has 0 bridgehead atoms. The van der Waals surface area contributed by atoms with Gasteiger partial charge >= 0.3 is 0 Å². The van der Waals surface area contributed by atoms with Gasteiger partial charge in [-0.1, -0.05) is 25.7 Å². The maximum Gasteiger partial charge on any atom is 0.261 e. The van der Waals surface area contributed by atoms with Crippen LogP contribution in [0.1, 0.15) is 44.9 Å². The molecule has 4 nitrogen and oxygen atoms in total. The van der Waals surface area contributed by atoms with E-state index in [1.54, 1.807) is 0 Å². The fraction of sp³-hybridized carbons (Fsp3) is 0.846. The van der Waals surface area contributed by atoms with Gasteiger partial charge in [-0.25, -0.2) is 8.78 Å². The SMILES string of the molecule is N#CC1(NC(=O)CCOCC(F)F)CCCCCC1. The number of ether oxygens (including phenoxy) is 1. The number of carbonyl (C=O) groups is 1. The van der Waals surface area contributed by atoms with Gasteiger partial charge in [-0.2, -0.15) is 5.26 Å². The summed E-state index contributed by atoms with van der Waals surface area (Å²) >= 11 is 0. The highest BCUT2D eigenvalue weighted by Crippen LogP contribution is 2.26. The summed E-state index contributed by atoms with van der Waals surface area (Å²) in [6.45, 7) is -0.700. The van der Waals surface area contributed by atoms with E-state index in [0.717, 1.165) is 25.7 Å². The second kappa shape index (κ2) is 8.05. The number of halogens is 2. The molecule has 1 fully saturated rings. The summed E-state index contributed by atoms with van der Waals surface area (Å²) in [4.78, 5) is 11.7. The minimum absolute atomic E-state index is 0.0101. The van der Waals surface area contributed by atoms with Crippen molar-refractivity contribution in [1.29, 1.82) is 5.26 Å². The van der Waals surface area contributed by atoms with Crippen molar-refractivity contribution in [3.63, 3.8) is 0 Å². The Hall–Kier alpha value is -1.22. The fourth-order valence-electron chi connectivity index (χ4n) is 2.26. The van der Waals surface area contributed by atoms with Crippen LogP contribution in [0.2, 0.25) is 0 Å². The van der Waals surface area contributed by atoms with Crippen molar-refractivity contribution in [2.24, 2.45) is 0 Å². The molecule has 0 aliphatic heterocycles. The molecule has 0 spiro atoms. The normalized spacial score (nSPS) is 18.6. The summed E-state index contributed by atoms with van der Waals surface area (Å²) in [5.74, 6) is -0.308. The van der Waals surface area contributed by atoms with Crippen LogP contribution in [0.3, 0.4) is 0 Å². The number of nitriles is 1. The lowest BCUT2D eigenvalue weighted by Gasteiger charge is -2.26. The summed E-state index contributed by atoms with van der Waals surface area (Å²) in [6.07, 6.45) is 2.82. The Labute approximate surface area is 112 Å². The zero-order chi connectivity index (χ0) is 14.1. The molecule has 1 aliphatic carbocycles. The van der Waals surface area contributed by atoms with Gasteiger partial charge in [0, 0.05) is 0 Å². The molecule has 0 saturated heterocycles. The first-order valence-corrected chi connectivity index (χ1v) is 6.66. The van der Waals surface area contributed by atoms with Gasteiger partial charge in [0.05, 0.1) is 19.1 Å². The molecule has 0 aromatic carbocycles. The quantitative estimate of drug-likeness (QED) is 0.597. The number of alkyl halides is 2. The van der Waals surface area contributed by atoms with Gasteiger partial charge in [-0.3, -0.25) is 4.79 Å². The van der Waals surface area contributed by atoms with Crippen LogP contribution in [0.4, 0.5) is 8.78 Å². The van der Waals surface area contributed by atoms with Crippen LogP contribution >= 0.6 is 0 Å². The van der Waals surface area contributed by atoms with Crippen molar-refractivity contribution < 1.29 is 18.3 Å². The van der Waals surface area contributed by atoms with Crippen LogP contribution in [0.5, 0.6) is 0 Å². The minimum Gasteiger partial charge on any atom is -0.375 e. The van der Waals surface area contributed by atoms with E-state index in [9.17, 15) is 18.8 Å². The Bertz CT molecular complexity index is 321. The highest BCUT2D eigenvalue weighted by Gasteiger charge is 2.32. The summed E-state index contributed by atoms with van der Waals surface area (Å²) in [6, 6.07) is 2.20. The molecule has 1 aliphatic rings. The molecule has 0 radical (unpaired) electrons. The third-order valence-corrected chi connectivity index (χ3v) is 3.27. The Balaban J connectivity index is 2.34. The third-order valence-electron chi connectivity index (χ3n) is 3.27. The standard InChI is InChI=1S/C13H20F2N2O2/c14-11(15)9-19-8-5-12(18)17-13(10-16)6-3-1-2-4-7-13/h11H,1-9H2,(H,17,18). The Morgan fingerprint density at radius 2 is 1.95 bits per heavy atom. The van der Waals surface area contributed by atoms with Gasteiger partial charge in [0.15, 0.2) is 0 Å². The van der Waals surface area contributed by atoms with E-state index in [2.05, 4.69) is 16.1 Å². The molecule has 0 atom stereocenters. The van der Waals surface area contributed by atoms with Crippen molar-refractivity contribution >= 4 is 5.91 Å². The summed E-state index contributed by atoms with van der Waals surface area (Å²) < 4.78 is 28.3. The first-order valence-electron chi connectivity index (χ1n) is 6.66. The van der Waals surface area contributed by atoms with Crippen molar-refractivity contribution in [2.75, 3.05) is 13.2 Å². The fourth-order valence-corrected chi connectivity index (χ4v) is 2.26. The van der Waals surface area contributed by atoms with Crippen LogP contribution in [-0.4, -0.2) is 31.1 Å². The summed E-state index contributed by atoms with van der Waals surface area (Å²) in [5, 5.41) is 12.0. The van der Waals surface area contributed by atoms with Crippen molar-refractivity contribution in [3.05, 3.63) is 0 Å². The molecule has 0 heterocycles. The van der Waals surface area contributed by atoms with E-state index in [4.69, 9.17) is 0 Å². The number of hydrogen-bond donors (Lipinski definition) is 1. The average molecular weight is 274 g/mol. The molecule has 1 saturated carbocycles. The van der Waals surface area contributed by atoms with Gasteiger partial charge < -0.3 is 10.1 Å². The summed E-state index contributed by atoms with van der Waals surface area (Å²) in [5.41, 5.74) is -0.781. The molecule has 1 N–H and O–H groups in total. The monoisotopic (exact) mass is 274 g/mol. The molecule has 1 rings (SSSR count). The van der Waals surface area contributed by atoms with Gasteiger partial charge in [0.1, 0.15) is 12.1 Å². The lowest BCUT2D eigenvalue weighted by Crippen LogP contribution is -2.47. The number of rotatable bonds is 6. The van der Waals surface area contributed by atoms with E-state index >= 15 is 0 Å². The first kappa shape index (κ1) is 15.8. The number of hydrogen-bond acceptors (Lipinski definition) is 3. The highest BCUT2D eigenvalue weighted by atomic mass is 19.3. The molecular formula is C13H20F2N2O2. The van der Waals surface area contributed by atoms with Crippen molar-refractivity contribution in [2.45, 2.75) is 56.9 Å². The maximum atomic E-state index is 11.8. The van der Waals surface area contributed by atoms with E-state index < -0.39 is 18.6 Å². The zero-order valence-electron chi connectivity index (χ0n) is 11.0. The largest absolute Gasteiger partial charge is 0.375 e. The zero-order valence-corrected chi connectivity index (χ0v) is 11.0. The van der Waals surface area contributed by atoms with Crippen LogP contribution in [0.15, 0.2) is 0 Å². The van der Waals surface area contributed by atoms with Gasteiger partial charge in [0.2, 0.25) is 5.91 Å². The minimum atomic E-state index is -2.52. The van der Waals surface area contributed by atoms with E-state index in [1.165, 1.54) is 0 Å². The smallest absolute Gasteiger partial charge is 0.261 e. The van der Waals surface area contributed by atoms with E-state index in [1.807, 2.05) is 0 Å². The Morgan fingerprint density at radius 1 is 1.32 bits per heavy atom. The topological polar surface area (TPSA) is 62.1 Å². The molecule has 0 unspecified atom stereocenters. The molecule has 1 amide bonds. The second-order valence-electron chi connectivity index (χ2n) is 4.87. The average Bonchev–Trinajstić information content (AvgIpc) is 2.61. The summed E-state index contributed by atoms with van der Waals surface area (Å²) in [7, 11) is 0. The van der Waals surface area contributed by atoms with Gasteiger partial charge in [0.25, 0.3) is 6.43 Å².